The van der Waals surface area contributed by atoms with Crippen LogP contribution < -0.4 is 0 Å². The van der Waals surface area contributed by atoms with Gasteiger partial charge in [0.05, 0.1) is 0 Å². The lowest BCUT2D eigenvalue weighted by Gasteiger charge is -2.40. The van der Waals surface area contributed by atoms with Crippen LogP contribution in [-0.4, -0.2) is 34.3 Å². The summed E-state index contributed by atoms with van der Waals surface area (Å²) in [5.74, 6) is 0.183. The summed E-state index contributed by atoms with van der Waals surface area (Å²) in [6, 6.07) is 19.4. The van der Waals surface area contributed by atoms with E-state index in [0.717, 1.165) is 39.0 Å². The van der Waals surface area contributed by atoms with E-state index in [9.17, 15) is 4.79 Å². The second-order valence-corrected chi connectivity index (χ2v) is 7.56. The van der Waals surface area contributed by atoms with E-state index in [0.29, 0.717) is 0 Å². The zero-order valence-corrected chi connectivity index (χ0v) is 14.9. The van der Waals surface area contributed by atoms with Gasteiger partial charge in [-0.15, -0.1) is 0 Å². The van der Waals surface area contributed by atoms with Crippen molar-refractivity contribution in [3.63, 3.8) is 0 Å². The highest BCUT2D eigenvalue weighted by Gasteiger charge is 2.44. The van der Waals surface area contributed by atoms with Crippen molar-refractivity contribution in [2.24, 2.45) is 0 Å². The molecule has 3 heteroatoms. The van der Waals surface area contributed by atoms with Gasteiger partial charge < -0.3 is 4.90 Å². The Bertz CT molecular complexity index is 758. The summed E-state index contributed by atoms with van der Waals surface area (Å²) in [4.78, 5) is 16.9. The minimum Gasteiger partial charge on any atom is -0.337 e. The molecule has 2 aromatic rings. The van der Waals surface area contributed by atoms with Gasteiger partial charge in [-0.3, -0.25) is 9.69 Å². The van der Waals surface area contributed by atoms with Crippen LogP contribution in [0.2, 0.25) is 0 Å². The molecule has 0 saturated carbocycles. The molecule has 130 valence electrons. The smallest absolute Gasteiger partial charge is 0.219 e. The number of fused-ring (bicyclic) bond motifs is 1. The van der Waals surface area contributed by atoms with Crippen LogP contribution in [0.15, 0.2) is 54.6 Å². The fraction of sp³-hybridized carbons (Fsp3) is 0.409. The number of benzene rings is 2. The predicted molar refractivity (Wildman–Crippen MR) is 100 cm³/mol. The molecule has 1 saturated heterocycles. The minimum absolute atomic E-state index is 0.0636. The number of rotatable bonds is 2. The van der Waals surface area contributed by atoms with Crippen molar-refractivity contribution in [3.8, 4) is 0 Å². The summed E-state index contributed by atoms with van der Waals surface area (Å²) < 4.78 is 0. The summed E-state index contributed by atoms with van der Waals surface area (Å²) in [6.45, 7) is 5.37. The second kappa shape index (κ2) is 6.64. The van der Waals surface area contributed by atoms with Gasteiger partial charge in [-0.25, -0.2) is 0 Å². The van der Waals surface area contributed by atoms with Crippen molar-refractivity contribution in [3.05, 3.63) is 71.3 Å². The fourth-order valence-corrected chi connectivity index (χ4v) is 4.56. The Morgan fingerprint density at radius 2 is 1.76 bits per heavy atom. The largest absolute Gasteiger partial charge is 0.337 e. The number of likely N-dealkylation sites (tertiary alicyclic amines) is 1. The topological polar surface area (TPSA) is 23.6 Å². The van der Waals surface area contributed by atoms with Crippen LogP contribution in [0, 0.1) is 0 Å². The summed E-state index contributed by atoms with van der Waals surface area (Å²) in [5, 5.41) is 0. The van der Waals surface area contributed by atoms with E-state index in [4.69, 9.17) is 0 Å². The molecular weight excluding hydrogens is 308 g/mol. The summed E-state index contributed by atoms with van der Waals surface area (Å²) in [6.07, 6.45) is 3.42. The van der Waals surface area contributed by atoms with Gasteiger partial charge in [0, 0.05) is 32.1 Å². The van der Waals surface area contributed by atoms with Gasteiger partial charge in [-0.1, -0.05) is 54.6 Å². The Hall–Kier alpha value is -2.13. The van der Waals surface area contributed by atoms with Gasteiger partial charge in [-0.2, -0.15) is 0 Å². The van der Waals surface area contributed by atoms with Gasteiger partial charge in [0.2, 0.25) is 5.91 Å². The molecule has 0 N–H and O–H groups in total. The number of hydrogen-bond acceptors (Lipinski definition) is 2. The van der Waals surface area contributed by atoms with Crippen LogP contribution in [0.25, 0.3) is 0 Å². The number of amides is 1. The Balaban J connectivity index is 1.69. The van der Waals surface area contributed by atoms with Crippen molar-refractivity contribution in [2.75, 3.05) is 13.1 Å². The first kappa shape index (κ1) is 16.3. The number of nitrogens with zero attached hydrogens (tertiary/aromatic N) is 2. The molecule has 0 bridgehead atoms. The molecule has 1 atom stereocenters. The molecule has 0 radical (unpaired) electrons. The average molecular weight is 334 g/mol. The Morgan fingerprint density at radius 1 is 1.04 bits per heavy atom. The molecule has 2 heterocycles. The summed E-state index contributed by atoms with van der Waals surface area (Å²) in [7, 11) is 0. The van der Waals surface area contributed by atoms with Crippen molar-refractivity contribution in [1.29, 1.82) is 0 Å². The van der Waals surface area contributed by atoms with E-state index in [2.05, 4.69) is 64.4 Å². The first-order chi connectivity index (χ1) is 12.2. The molecule has 25 heavy (non-hydrogen) atoms. The third-order valence-electron chi connectivity index (χ3n) is 5.89. The Labute approximate surface area is 150 Å². The third kappa shape index (κ3) is 3.21. The fourth-order valence-electron chi connectivity index (χ4n) is 4.56. The summed E-state index contributed by atoms with van der Waals surface area (Å²) in [5.41, 5.74) is 4.14. The van der Waals surface area contributed by atoms with Gasteiger partial charge in [-0.05, 0) is 42.5 Å². The molecular formula is C22H26N2O. The molecule has 2 aliphatic rings. The third-order valence-corrected chi connectivity index (χ3v) is 5.89. The maximum Gasteiger partial charge on any atom is 0.219 e. The standard InChI is InChI=1S/C22H26N2O/c1-18(25)23-16-21-11-6-5-10-20(21)14-22(17-23)12-7-13-24(22)15-19-8-3-2-4-9-19/h2-6,8-11H,7,12-17H2,1H3. The lowest BCUT2D eigenvalue weighted by atomic mass is 9.87. The highest BCUT2D eigenvalue weighted by atomic mass is 16.2. The van der Waals surface area contributed by atoms with Gasteiger partial charge in [0.25, 0.3) is 0 Å². The van der Waals surface area contributed by atoms with Crippen LogP contribution in [-0.2, 0) is 24.3 Å². The van der Waals surface area contributed by atoms with E-state index in [1.807, 2.05) is 0 Å². The first-order valence-electron chi connectivity index (χ1n) is 9.28. The van der Waals surface area contributed by atoms with Crippen LogP contribution in [0.1, 0.15) is 36.5 Å². The first-order valence-corrected chi connectivity index (χ1v) is 9.28. The Kier molecular flexibility index (Phi) is 4.34. The molecule has 1 spiro atoms. The highest BCUT2D eigenvalue weighted by molar-refractivity contribution is 5.73. The van der Waals surface area contributed by atoms with E-state index < -0.39 is 0 Å². The summed E-state index contributed by atoms with van der Waals surface area (Å²) >= 11 is 0. The lowest BCUT2D eigenvalue weighted by molar-refractivity contribution is -0.131. The van der Waals surface area contributed by atoms with Crippen LogP contribution >= 0.6 is 0 Å². The van der Waals surface area contributed by atoms with Gasteiger partial charge >= 0.3 is 0 Å². The number of carbonyl (C=O) groups excluding carboxylic acids is 1. The molecule has 0 aromatic heterocycles. The zero-order chi connectivity index (χ0) is 17.3. The highest BCUT2D eigenvalue weighted by Crippen LogP contribution is 2.38. The second-order valence-electron chi connectivity index (χ2n) is 7.56. The molecule has 3 nitrogen and oxygen atoms in total. The van der Waals surface area contributed by atoms with E-state index in [1.165, 1.54) is 23.1 Å². The maximum absolute atomic E-state index is 12.3. The minimum atomic E-state index is 0.0636. The molecule has 2 aliphatic heterocycles. The van der Waals surface area contributed by atoms with E-state index in [-0.39, 0.29) is 11.4 Å². The van der Waals surface area contributed by atoms with E-state index in [1.54, 1.807) is 6.92 Å². The van der Waals surface area contributed by atoms with E-state index >= 15 is 0 Å². The van der Waals surface area contributed by atoms with Crippen molar-refractivity contribution >= 4 is 5.91 Å². The average Bonchev–Trinajstić information content (AvgIpc) is 2.89. The maximum atomic E-state index is 12.3. The van der Waals surface area contributed by atoms with Crippen molar-refractivity contribution < 1.29 is 4.79 Å². The SMILES string of the molecule is CC(=O)N1Cc2ccccc2CC2(CCCN2Cc2ccccc2)C1. The monoisotopic (exact) mass is 334 g/mol. The zero-order valence-electron chi connectivity index (χ0n) is 14.9. The van der Waals surface area contributed by atoms with Crippen molar-refractivity contribution in [1.82, 2.24) is 9.80 Å². The lowest BCUT2D eigenvalue weighted by Crippen LogP contribution is -2.52. The van der Waals surface area contributed by atoms with Gasteiger partial charge in [0.15, 0.2) is 0 Å². The van der Waals surface area contributed by atoms with Gasteiger partial charge in [0.1, 0.15) is 0 Å². The molecule has 0 aliphatic carbocycles. The molecule has 4 rings (SSSR count). The molecule has 2 aromatic carbocycles. The predicted octanol–water partition coefficient (Wildman–Crippen LogP) is 3.63. The normalized spacial score (nSPS) is 23.5. The number of hydrogen-bond donors (Lipinski definition) is 0. The molecule has 1 amide bonds. The van der Waals surface area contributed by atoms with Crippen LogP contribution in [0.5, 0.6) is 0 Å². The van der Waals surface area contributed by atoms with Crippen LogP contribution in [0.3, 0.4) is 0 Å². The number of carbonyl (C=O) groups is 1. The van der Waals surface area contributed by atoms with Crippen molar-refractivity contribution in [2.45, 2.75) is 44.8 Å². The molecule has 1 unspecified atom stereocenters. The quantitative estimate of drug-likeness (QED) is 0.837. The molecule has 1 fully saturated rings. The van der Waals surface area contributed by atoms with Crippen LogP contribution in [0.4, 0.5) is 0 Å². The Morgan fingerprint density at radius 3 is 2.52 bits per heavy atom.